The molecule has 0 amide bonds. The third-order valence-electron chi connectivity index (χ3n) is 4.07. The average Bonchev–Trinajstić information content (AvgIpc) is 3.26. The Kier molecular flexibility index (Phi) is 10.1. The van der Waals surface area contributed by atoms with Gasteiger partial charge in [-0.15, -0.1) is 0 Å². The van der Waals surface area contributed by atoms with E-state index in [4.69, 9.17) is 28.9 Å². The van der Waals surface area contributed by atoms with E-state index in [0.29, 0.717) is 36.8 Å². The molecule has 2 atom stereocenters. The van der Waals surface area contributed by atoms with Crippen molar-refractivity contribution in [3.05, 3.63) is 37.0 Å². The molecule has 3 heterocycles. The molecule has 5 nitrogen and oxygen atoms in total. The number of rotatable bonds is 4. The maximum atomic E-state index is 5.70. The molecule has 148 valence electrons. The Morgan fingerprint density at radius 1 is 0.923 bits per heavy atom. The molecule has 26 heavy (non-hydrogen) atoms. The van der Waals surface area contributed by atoms with Gasteiger partial charge in [-0.1, -0.05) is 33.8 Å². The van der Waals surface area contributed by atoms with Crippen LogP contribution in [0.25, 0.3) is 0 Å². The minimum atomic E-state index is -0.346. The van der Waals surface area contributed by atoms with E-state index < -0.39 is 0 Å². The van der Waals surface area contributed by atoms with Gasteiger partial charge >= 0.3 is 34.5 Å². The Morgan fingerprint density at radius 2 is 1.31 bits per heavy atom. The quantitative estimate of drug-likeness (QED) is 0.463. The number of halogens is 2. The van der Waals surface area contributed by atoms with Gasteiger partial charge in [-0.25, -0.2) is 15.0 Å². The summed E-state index contributed by atoms with van der Waals surface area (Å²) in [6.45, 7) is 9.86. The van der Waals surface area contributed by atoms with Crippen LogP contribution in [0.4, 0.5) is 0 Å². The van der Waals surface area contributed by atoms with Crippen LogP contribution >= 0.6 is 19.4 Å². The molecule has 0 aromatic carbocycles. The van der Waals surface area contributed by atoms with E-state index in [9.17, 15) is 0 Å². The first-order valence-corrected chi connectivity index (χ1v) is 12.7. The Balaban J connectivity index is 0.000000791. The van der Waals surface area contributed by atoms with Crippen LogP contribution in [-0.4, -0.2) is 42.1 Å². The molecule has 0 aliphatic carbocycles. The van der Waals surface area contributed by atoms with Gasteiger partial charge in [-0.2, -0.15) is 0 Å². The summed E-state index contributed by atoms with van der Waals surface area (Å²) < 4.78 is 11.4. The molecule has 0 saturated heterocycles. The van der Waals surface area contributed by atoms with E-state index in [1.54, 1.807) is 0 Å². The van der Waals surface area contributed by atoms with E-state index in [1.807, 2.05) is 18.2 Å². The fourth-order valence-corrected chi connectivity index (χ4v) is 2.42. The molecule has 0 saturated carbocycles. The third-order valence-corrected chi connectivity index (χ3v) is 4.07. The van der Waals surface area contributed by atoms with Gasteiger partial charge < -0.3 is 16.9 Å². The Labute approximate surface area is 172 Å². The summed E-state index contributed by atoms with van der Waals surface area (Å²) >= 11 is -0.346. The van der Waals surface area contributed by atoms with Crippen molar-refractivity contribution in [2.45, 2.75) is 39.8 Å². The van der Waals surface area contributed by atoms with E-state index in [1.165, 1.54) is 0 Å². The van der Waals surface area contributed by atoms with Gasteiger partial charge in [0, 0.05) is 0 Å². The van der Waals surface area contributed by atoms with Crippen molar-refractivity contribution in [1.29, 1.82) is 0 Å². The topological polar surface area (TPSA) is 56.1 Å². The summed E-state index contributed by atoms with van der Waals surface area (Å²) in [4.78, 5) is 13.9. The van der Waals surface area contributed by atoms with Crippen LogP contribution in [0.15, 0.2) is 28.2 Å². The molecular formula is C18H26Cl2N3O2Ru-. The predicted molar refractivity (Wildman–Crippen MR) is 105 cm³/mol. The zero-order valence-electron chi connectivity index (χ0n) is 15.7. The first-order valence-electron chi connectivity index (χ1n) is 8.20. The summed E-state index contributed by atoms with van der Waals surface area (Å²) in [6.07, 6.45) is 0. The Morgan fingerprint density at radius 3 is 1.62 bits per heavy atom. The summed E-state index contributed by atoms with van der Waals surface area (Å²) in [7, 11) is 9.71. The Bertz CT molecular complexity index is 589. The van der Waals surface area contributed by atoms with Crippen LogP contribution in [0.5, 0.6) is 0 Å². The molecule has 2 aliphatic heterocycles. The van der Waals surface area contributed by atoms with Crippen molar-refractivity contribution in [2.24, 2.45) is 21.8 Å². The van der Waals surface area contributed by atoms with Crippen LogP contribution in [0.3, 0.4) is 0 Å². The SMILES string of the molecule is CC(C)[C@@H]1COC(c2cccc(C3=N[C@H](C(C)C)CO3)n2)=N1.[CH3-].[Cl][Ru][Cl]. The summed E-state index contributed by atoms with van der Waals surface area (Å²) in [5, 5.41) is 0. The molecule has 8 heteroatoms. The van der Waals surface area contributed by atoms with E-state index >= 15 is 0 Å². The van der Waals surface area contributed by atoms with Crippen LogP contribution in [-0.2, 0) is 24.6 Å². The number of hydrogen-bond donors (Lipinski definition) is 0. The van der Waals surface area contributed by atoms with Gasteiger partial charge in [0.2, 0.25) is 11.8 Å². The van der Waals surface area contributed by atoms with Crippen molar-refractivity contribution in [3.63, 3.8) is 0 Å². The average molecular weight is 488 g/mol. The minimum absolute atomic E-state index is 0. The molecule has 0 bridgehead atoms. The first kappa shape index (κ1) is 23.3. The first-order chi connectivity index (χ1) is 12.0. The van der Waals surface area contributed by atoms with Gasteiger partial charge in [0.05, 0.1) is 12.1 Å². The standard InChI is InChI=1S/C17H23N3O2.CH3.2ClH.Ru/c1-10(2)14-8-21-16(19-14)12-6-5-7-13(18-12)17-20-15(9-22-17)11(3)4;;;;/h5-7,10-11,14-15H,8-9H2,1-4H3;1H3;2*1H;/q;-1;;;+2/p-2/t14-,15-;;;;/m0..../s1. The zero-order chi connectivity index (χ0) is 18.4. The second-order valence-electron chi connectivity index (χ2n) is 6.57. The number of hydrogen-bond acceptors (Lipinski definition) is 5. The summed E-state index contributed by atoms with van der Waals surface area (Å²) in [5.74, 6) is 2.18. The van der Waals surface area contributed by atoms with Crippen LogP contribution < -0.4 is 0 Å². The van der Waals surface area contributed by atoms with Crippen LogP contribution in [0, 0.1) is 19.3 Å². The van der Waals surface area contributed by atoms with E-state index in [-0.39, 0.29) is 34.7 Å². The molecule has 0 unspecified atom stereocenters. The molecule has 2 aliphatic rings. The van der Waals surface area contributed by atoms with Crippen molar-refractivity contribution < 1.29 is 24.6 Å². The van der Waals surface area contributed by atoms with Crippen LogP contribution in [0.1, 0.15) is 39.1 Å². The fraction of sp³-hybridized carbons (Fsp3) is 0.556. The molecular weight excluding hydrogens is 462 g/mol. The Hall–Kier alpha value is -0.707. The number of ether oxygens (including phenoxy) is 2. The van der Waals surface area contributed by atoms with Crippen molar-refractivity contribution in [1.82, 2.24) is 4.98 Å². The number of aromatic nitrogens is 1. The molecule has 1 aromatic heterocycles. The van der Waals surface area contributed by atoms with E-state index in [2.05, 4.69) is 42.7 Å². The molecule has 0 N–H and O–H groups in total. The molecule has 0 spiro atoms. The van der Waals surface area contributed by atoms with Gasteiger partial charge in [-0.05, 0) is 24.0 Å². The maximum absolute atomic E-state index is 5.70. The van der Waals surface area contributed by atoms with Gasteiger partial charge in [-0.3, -0.25) is 0 Å². The second kappa shape index (κ2) is 11.2. The molecule has 1 aromatic rings. The number of nitrogens with zero attached hydrogens (tertiary/aromatic N) is 3. The monoisotopic (exact) mass is 488 g/mol. The van der Waals surface area contributed by atoms with Crippen molar-refractivity contribution >= 4 is 31.2 Å². The fourth-order valence-electron chi connectivity index (χ4n) is 2.42. The molecule has 3 rings (SSSR count). The summed E-state index contributed by atoms with van der Waals surface area (Å²) in [5.41, 5.74) is 1.50. The predicted octanol–water partition coefficient (Wildman–Crippen LogP) is 4.51. The molecule has 0 fully saturated rings. The van der Waals surface area contributed by atoms with Gasteiger partial charge in [0.15, 0.2) is 0 Å². The van der Waals surface area contributed by atoms with Crippen molar-refractivity contribution in [2.75, 3.05) is 13.2 Å². The third kappa shape index (κ3) is 6.18. The normalized spacial score (nSPS) is 21.4. The van der Waals surface area contributed by atoms with Gasteiger partial charge in [0.1, 0.15) is 24.6 Å². The van der Waals surface area contributed by atoms with Crippen LogP contribution in [0.2, 0.25) is 0 Å². The molecule has 0 radical (unpaired) electrons. The van der Waals surface area contributed by atoms with Crippen molar-refractivity contribution in [3.8, 4) is 0 Å². The number of aliphatic imine (C=N–C) groups is 2. The second-order valence-corrected chi connectivity index (χ2v) is 9.21. The number of pyridine rings is 1. The summed E-state index contributed by atoms with van der Waals surface area (Å²) in [6, 6.07) is 6.21. The van der Waals surface area contributed by atoms with Gasteiger partial charge in [0.25, 0.3) is 0 Å². The zero-order valence-corrected chi connectivity index (χ0v) is 19.0. The van der Waals surface area contributed by atoms with E-state index in [0.717, 1.165) is 11.4 Å².